The van der Waals surface area contributed by atoms with Gasteiger partial charge in [0, 0.05) is 11.5 Å². The molecular weight excluding hydrogens is 202 g/mol. The number of carbonyl (C=O) groups is 1. The topological polar surface area (TPSA) is 71.8 Å². The van der Waals surface area contributed by atoms with E-state index in [0.717, 1.165) is 16.9 Å². The van der Waals surface area contributed by atoms with E-state index in [1.165, 1.54) is 19.3 Å². The SMILES string of the molecule is NC(=O)c1ccc2nc(C3CCC3)[nH]c2c1. The molecular formula is C12H13N3O. The van der Waals surface area contributed by atoms with E-state index >= 15 is 0 Å². The molecule has 1 aromatic carbocycles. The zero-order valence-corrected chi connectivity index (χ0v) is 8.86. The average molecular weight is 215 g/mol. The fourth-order valence-electron chi connectivity index (χ4n) is 2.06. The van der Waals surface area contributed by atoms with Gasteiger partial charge in [0.05, 0.1) is 11.0 Å². The third-order valence-corrected chi connectivity index (χ3v) is 3.28. The molecule has 0 radical (unpaired) electrons. The van der Waals surface area contributed by atoms with Gasteiger partial charge in [-0.3, -0.25) is 4.79 Å². The monoisotopic (exact) mass is 215 g/mol. The average Bonchev–Trinajstić information content (AvgIpc) is 2.56. The third kappa shape index (κ3) is 1.38. The van der Waals surface area contributed by atoms with Crippen LogP contribution < -0.4 is 5.73 Å². The minimum absolute atomic E-state index is 0.401. The zero-order valence-electron chi connectivity index (χ0n) is 8.86. The van der Waals surface area contributed by atoms with Crippen molar-refractivity contribution in [3.05, 3.63) is 29.6 Å². The van der Waals surface area contributed by atoms with Crippen LogP contribution in [-0.4, -0.2) is 15.9 Å². The molecule has 0 bridgehead atoms. The highest BCUT2D eigenvalue weighted by Crippen LogP contribution is 2.35. The Kier molecular flexibility index (Phi) is 1.96. The zero-order chi connectivity index (χ0) is 11.1. The largest absolute Gasteiger partial charge is 0.366 e. The van der Waals surface area contributed by atoms with E-state index in [4.69, 9.17) is 5.73 Å². The van der Waals surface area contributed by atoms with Crippen LogP contribution in [0.1, 0.15) is 41.4 Å². The second-order valence-electron chi connectivity index (χ2n) is 4.35. The fourth-order valence-corrected chi connectivity index (χ4v) is 2.06. The maximum atomic E-state index is 11.0. The van der Waals surface area contributed by atoms with Crippen molar-refractivity contribution in [2.45, 2.75) is 25.2 Å². The molecule has 1 heterocycles. The number of primary amides is 1. The number of carbonyl (C=O) groups excluding carboxylic acids is 1. The molecule has 4 nitrogen and oxygen atoms in total. The highest BCUT2D eigenvalue weighted by Gasteiger charge is 2.22. The minimum Gasteiger partial charge on any atom is -0.366 e. The van der Waals surface area contributed by atoms with Gasteiger partial charge in [0.15, 0.2) is 0 Å². The molecule has 0 spiro atoms. The molecule has 3 rings (SSSR count). The summed E-state index contributed by atoms with van der Waals surface area (Å²) in [6, 6.07) is 5.33. The summed E-state index contributed by atoms with van der Waals surface area (Å²) in [7, 11) is 0. The van der Waals surface area contributed by atoms with Crippen LogP contribution >= 0.6 is 0 Å². The van der Waals surface area contributed by atoms with Crippen molar-refractivity contribution in [3.8, 4) is 0 Å². The highest BCUT2D eigenvalue weighted by molar-refractivity contribution is 5.96. The summed E-state index contributed by atoms with van der Waals surface area (Å²) in [5, 5.41) is 0. The van der Waals surface area contributed by atoms with Crippen LogP contribution in [0.3, 0.4) is 0 Å². The lowest BCUT2D eigenvalue weighted by atomic mass is 9.85. The van der Waals surface area contributed by atoms with Gasteiger partial charge in [-0.05, 0) is 31.0 Å². The van der Waals surface area contributed by atoms with Crippen molar-refractivity contribution in [1.29, 1.82) is 0 Å². The van der Waals surface area contributed by atoms with Crippen LogP contribution in [0.25, 0.3) is 11.0 Å². The van der Waals surface area contributed by atoms with Crippen molar-refractivity contribution in [1.82, 2.24) is 9.97 Å². The standard InChI is InChI=1S/C12H13N3O/c13-11(16)8-4-5-9-10(6-8)15-12(14-9)7-2-1-3-7/h4-7H,1-3H2,(H2,13,16)(H,14,15). The van der Waals surface area contributed by atoms with E-state index in [9.17, 15) is 4.79 Å². The number of imidazole rings is 1. The smallest absolute Gasteiger partial charge is 0.248 e. The van der Waals surface area contributed by atoms with E-state index < -0.39 is 5.91 Å². The summed E-state index contributed by atoms with van der Waals surface area (Å²) in [5.41, 5.74) is 7.57. The molecule has 4 heteroatoms. The maximum Gasteiger partial charge on any atom is 0.248 e. The third-order valence-electron chi connectivity index (χ3n) is 3.28. The summed E-state index contributed by atoms with van der Waals surface area (Å²) >= 11 is 0. The van der Waals surface area contributed by atoms with Gasteiger partial charge in [-0.1, -0.05) is 6.42 Å². The van der Waals surface area contributed by atoms with E-state index in [1.807, 2.05) is 6.07 Å². The first kappa shape index (κ1) is 9.39. The predicted octanol–water partition coefficient (Wildman–Crippen LogP) is 1.93. The van der Waals surface area contributed by atoms with Crippen molar-refractivity contribution in [2.24, 2.45) is 5.73 Å². The van der Waals surface area contributed by atoms with Crippen molar-refractivity contribution >= 4 is 16.9 Å². The highest BCUT2D eigenvalue weighted by atomic mass is 16.1. The summed E-state index contributed by atoms with van der Waals surface area (Å²) < 4.78 is 0. The summed E-state index contributed by atoms with van der Waals surface area (Å²) in [4.78, 5) is 18.8. The Morgan fingerprint density at radius 3 is 2.88 bits per heavy atom. The lowest BCUT2D eigenvalue weighted by Crippen LogP contribution is -2.10. The van der Waals surface area contributed by atoms with Crippen LogP contribution in [0.4, 0.5) is 0 Å². The van der Waals surface area contributed by atoms with Gasteiger partial charge in [-0.2, -0.15) is 0 Å². The molecule has 0 unspecified atom stereocenters. The number of nitrogens with one attached hydrogen (secondary N) is 1. The second kappa shape index (κ2) is 3.33. The quantitative estimate of drug-likeness (QED) is 0.803. The van der Waals surface area contributed by atoms with Gasteiger partial charge >= 0.3 is 0 Å². The number of amides is 1. The number of H-pyrrole nitrogens is 1. The molecule has 1 amide bonds. The van der Waals surface area contributed by atoms with Crippen LogP contribution in [0.5, 0.6) is 0 Å². The van der Waals surface area contributed by atoms with Crippen molar-refractivity contribution in [3.63, 3.8) is 0 Å². The first-order valence-corrected chi connectivity index (χ1v) is 5.53. The molecule has 0 aliphatic heterocycles. The summed E-state index contributed by atoms with van der Waals surface area (Å²) in [6.07, 6.45) is 3.71. The van der Waals surface area contributed by atoms with Gasteiger partial charge < -0.3 is 10.7 Å². The van der Waals surface area contributed by atoms with Gasteiger partial charge in [0.2, 0.25) is 5.91 Å². The summed E-state index contributed by atoms with van der Waals surface area (Å²) in [5.74, 6) is 1.22. The van der Waals surface area contributed by atoms with Crippen LogP contribution in [0, 0.1) is 0 Å². The molecule has 1 saturated carbocycles. The number of nitrogens with zero attached hydrogens (tertiary/aromatic N) is 1. The van der Waals surface area contributed by atoms with Crippen molar-refractivity contribution < 1.29 is 4.79 Å². The number of aromatic nitrogens is 2. The molecule has 1 aliphatic carbocycles. The predicted molar refractivity (Wildman–Crippen MR) is 61.2 cm³/mol. The Balaban J connectivity index is 2.06. The molecule has 2 aromatic rings. The van der Waals surface area contributed by atoms with Gasteiger partial charge in [-0.25, -0.2) is 4.98 Å². The number of aromatic amines is 1. The van der Waals surface area contributed by atoms with Crippen molar-refractivity contribution in [2.75, 3.05) is 0 Å². The Hall–Kier alpha value is -1.84. The first-order valence-electron chi connectivity index (χ1n) is 5.53. The van der Waals surface area contributed by atoms with Crippen LogP contribution in [0.15, 0.2) is 18.2 Å². The van der Waals surface area contributed by atoms with E-state index in [0.29, 0.717) is 11.5 Å². The first-order chi connectivity index (χ1) is 7.74. The normalized spacial score (nSPS) is 16.2. The number of benzene rings is 1. The molecule has 1 aliphatic rings. The van der Waals surface area contributed by atoms with E-state index in [2.05, 4.69) is 9.97 Å². The molecule has 16 heavy (non-hydrogen) atoms. The Labute approximate surface area is 92.9 Å². The molecule has 1 fully saturated rings. The van der Waals surface area contributed by atoms with Crippen LogP contribution in [0.2, 0.25) is 0 Å². The Morgan fingerprint density at radius 2 is 2.25 bits per heavy atom. The summed E-state index contributed by atoms with van der Waals surface area (Å²) in [6.45, 7) is 0. The van der Waals surface area contributed by atoms with E-state index in [-0.39, 0.29) is 0 Å². The number of hydrogen-bond acceptors (Lipinski definition) is 2. The lowest BCUT2D eigenvalue weighted by Gasteiger charge is -2.22. The number of hydrogen-bond donors (Lipinski definition) is 2. The maximum absolute atomic E-state index is 11.0. The fraction of sp³-hybridized carbons (Fsp3) is 0.333. The number of rotatable bonds is 2. The molecule has 0 saturated heterocycles. The molecule has 1 aromatic heterocycles. The molecule has 0 atom stereocenters. The lowest BCUT2D eigenvalue weighted by molar-refractivity contribution is 0.100. The molecule has 3 N–H and O–H groups in total. The Morgan fingerprint density at radius 1 is 1.44 bits per heavy atom. The van der Waals surface area contributed by atoms with Crippen LogP contribution in [-0.2, 0) is 0 Å². The minimum atomic E-state index is -0.401. The number of fused-ring (bicyclic) bond motifs is 1. The van der Waals surface area contributed by atoms with Gasteiger partial charge in [0.1, 0.15) is 5.82 Å². The van der Waals surface area contributed by atoms with E-state index in [1.54, 1.807) is 12.1 Å². The Bertz CT molecular complexity index is 554. The molecule has 82 valence electrons. The second-order valence-corrected chi connectivity index (χ2v) is 4.35. The number of nitrogens with two attached hydrogens (primary N) is 1. The van der Waals surface area contributed by atoms with Gasteiger partial charge in [0.25, 0.3) is 0 Å². The van der Waals surface area contributed by atoms with Gasteiger partial charge in [-0.15, -0.1) is 0 Å².